The molecule has 1 amide bonds. The van der Waals surface area contributed by atoms with E-state index in [4.69, 9.17) is 4.74 Å². The van der Waals surface area contributed by atoms with Crippen LogP contribution in [0.15, 0.2) is 60.9 Å². The van der Waals surface area contributed by atoms with Crippen molar-refractivity contribution in [1.82, 2.24) is 15.1 Å². The number of carbonyl (C=O) groups is 1. The van der Waals surface area contributed by atoms with Crippen molar-refractivity contribution in [3.8, 4) is 17.2 Å². The summed E-state index contributed by atoms with van der Waals surface area (Å²) < 4.78 is 36.6. The van der Waals surface area contributed by atoms with Gasteiger partial charge in [0.25, 0.3) is 5.91 Å². The number of nitrogens with zero attached hydrogens (tertiary/aromatic N) is 2. The second-order valence-corrected chi connectivity index (χ2v) is 5.85. The van der Waals surface area contributed by atoms with Crippen molar-refractivity contribution >= 4 is 5.91 Å². The maximum atomic E-state index is 12.7. The van der Waals surface area contributed by atoms with Gasteiger partial charge >= 0.3 is 6.61 Å². The lowest BCUT2D eigenvalue weighted by Crippen LogP contribution is -2.26. The summed E-state index contributed by atoms with van der Waals surface area (Å²) in [5, 5.41) is 7.00. The number of ether oxygens (including phenoxy) is 2. The number of aromatic nitrogens is 2. The zero-order valence-corrected chi connectivity index (χ0v) is 15.1. The van der Waals surface area contributed by atoms with Gasteiger partial charge in [0, 0.05) is 12.7 Å². The standard InChI is InChI=1S/C20H19F2N3O3/c1-27-17-9-5-8-16(18(17)28-20(21)22)19(26)23-11-10-14-12-24-25(13-14)15-6-3-2-4-7-15/h2-9,12-13,20H,10-11H2,1H3,(H,23,26). The molecule has 0 fully saturated rings. The largest absolute Gasteiger partial charge is 0.493 e. The maximum absolute atomic E-state index is 12.7. The molecule has 0 aliphatic heterocycles. The minimum Gasteiger partial charge on any atom is -0.493 e. The average Bonchev–Trinajstić information content (AvgIpc) is 3.17. The van der Waals surface area contributed by atoms with Gasteiger partial charge in [-0.05, 0) is 36.2 Å². The predicted octanol–water partition coefficient (Wildman–Crippen LogP) is 3.45. The van der Waals surface area contributed by atoms with Gasteiger partial charge in [-0.3, -0.25) is 4.79 Å². The Morgan fingerprint density at radius 1 is 1.18 bits per heavy atom. The van der Waals surface area contributed by atoms with Crippen LogP contribution in [0.25, 0.3) is 5.69 Å². The molecule has 3 aromatic rings. The molecule has 146 valence electrons. The van der Waals surface area contributed by atoms with E-state index in [-0.39, 0.29) is 17.1 Å². The smallest absolute Gasteiger partial charge is 0.387 e. The van der Waals surface area contributed by atoms with E-state index < -0.39 is 12.5 Å². The number of para-hydroxylation sites is 2. The number of alkyl halides is 2. The van der Waals surface area contributed by atoms with E-state index in [0.29, 0.717) is 13.0 Å². The van der Waals surface area contributed by atoms with E-state index in [2.05, 4.69) is 15.2 Å². The predicted molar refractivity (Wildman–Crippen MR) is 99.2 cm³/mol. The van der Waals surface area contributed by atoms with Crippen LogP contribution in [0, 0.1) is 0 Å². The van der Waals surface area contributed by atoms with Crippen LogP contribution >= 0.6 is 0 Å². The Kier molecular flexibility index (Phi) is 6.21. The van der Waals surface area contributed by atoms with Crippen LogP contribution in [0.5, 0.6) is 11.5 Å². The number of rotatable bonds is 8. The molecule has 2 aromatic carbocycles. The summed E-state index contributed by atoms with van der Waals surface area (Å²) in [6, 6.07) is 14.0. The summed E-state index contributed by atoms with van der Waals surface area (Å²) in [7, 11) is 1.32. The fourth-order valence-corrected chi connectivity index (χ4v) is 2.69. The molecular weight excluding hydrogens is 368 g/mol. The van der Waals surface area contributed by atoms with Gasteiger partial charge in [0.2, 0.25) is 0 Å². The molecule has 8 heteroatoms. The van der Waals surface area contributed by atoms with Crippen molar-refractivity contribution in [3.05, 3.63) is 72.1 Å². The summed E-state index contributed by atoms with van der Waals surface area (Å²) in [5.41, 5.74) is 1.85. The Bertz CT molecular complexity index is 929. The first-order valence-corrected chi connectivity index (χ1v) is 8.57. The van der Waals surface area contributed by atoms with Crippen LogP contribution in [-0.4, -0.2) is 36.0 Å². The summed E-state index contributed by atoms with van der Waals surface area (Å²) in [6.07, 6.45) is 4.13. The first kappa shape index (κ1) is 19.3. The fraction of sp³-hybridized carbons (Fsp3) is 0.200. The van der Waals surface area contributed by atoms with Gasteiger partial charge in [0.1, 0.15) is 0 Å². The number of hydrogen-bond donors (Lipinski definition) is 1. The molecule has 0 saturated carbocycles. The fourth-order valence-electron chi connectivity index (χ4n) is 2.69. The van der Waals surface area contributed by atoms with E-state index in [9.17, 15) is 13.6 Å². The van der Waals surface area contributed by atoms with Crippen molar-refractivity contribution in [2.24, 2.45) is 0 Å². The third-order valence-corrected chi connectivity index (χ3v) is 4.01. The van der Waals surface area contributed by atoms with E-state index in [1.54, 1.807) is 10.9 Å². The monoisotopic (exact) mass is 387 g/mol. The van der Waals surface area contributed by atoms with Gasteiger partial charge in [-0.15, -0.1) is 0 Å². The molecule has 0 aliphatic rings. The molecule has 1 aromatic heterocycles. The lowest BCUT2D eigenvalue weighted by Gasteiger charge is -2.14. The van der Waals surface area contributed by atoms with Crippen LogP contribution in [0.1, 0.15) is 15.9 Å². The SMILES string of the molecule is COc1cccc(C(=O)NCCc2cnn(-c3ccccc3)c2)c1OC(F)F. The Balaban J connectivity index is 1.63. The molecular formula is C20H19F2N3O3. The number of carbonyl (C=O) groups excluding carboxylic acids is 1. The molecule has 0 bridgehead atoms. The van der Waals surface area contributed by atoms with Gasteiger partial charge in [-0.2, -0.15) is 13.9 Å². The first-order chi connectivity index (χ1) is 13.6. The van der Waals surface area contributed by atoms with Gasteiger partial charge in [-0.25, -0.2) is 4.68 Å². The Morgan fingerprint density at radius 3 is 2.68 bits per heavy atom. The van der Waals surface area contributed by atoms with Crippen molar-refractivity contribution < 1.29 is 23.0 Å². The second kappa shape index (κ2) is 8.98. The minimum atomic E-state index is -3.06. The highest BCUT2D eigenvalue weighted by Gasteiger charge is 2.20. The number of amides is 1. The topological polar surface area (TPSA) is 65.4 Å². The van der Waals surface area contributed by atoms with Crippen LogP contribution in [0.2, 0.25) is 0 Å². The first-order valence-electron chi connectivity index (χ1n) is 8.57. The third kappa shape index (κ3) is 4.64. The molecule has 3 rings (SSSR count). The van der Waals surface area contributed by atoms with E-state index >= 15 is 0 Å². The molecule has 0 aliphatic carbocycles. The Labute approximate surface area is 160 Å². The highest BCUT2D eigenvalue weighted by Crippen LogP contribution is 2.32. The number of benzene rings is 2. The number of methoxy groups -OCH3 is 1. The molecule has 0 atom stereocenters. The zero-order chi connectivity index (χ0) is 19.9. The molecule has 1 heterocycles. The third-order valence-electron chi connectivity index (χ3n) is 4.01. The summed E-state index contributed by atoms with van der Waals surface area (Å²) >= 11 is 0. The molecule has 28 heavy (non-hydrogen) atoms. The Hall–Kier alpha value is -3.42. The van der Waals surface area contributed by atoms with Gasteiger partial charge < -0.3 is 14.8 Å². The quantitative estimate of drug-likeness (QED) is 0.643. The van der Waals surface area contributed by atoms with E-state index in [1.165, 1.54) is 25.3 Å². The summed E-state index contributed by atoms with van der Waals surface area (Å²) in [6.45, 7) is -2.75. The second-order valence-electron chi connectivity index (χ2n) is 5.85. The molecule has 6 nitrogen and oxygen atoms in total. The van der Waals surface area contributed by atoms with Gasteiger partial charge in [0.05, 0.1) is 24.6 Å². The van der Waals surface area contributed by atoms with Gasteiger partial charge in [0.15, 0.2) is 11.5 Å². The number of hydrogen-bond acceptors (Lipinski definition) is 4. The number of nitrogens with one attached hydrogen (secondary N) is 1. The normalized spacial score (nSPS) is 10.7. The lowest BCUT2D eigenvalue weighted by atomic mass is 10.1. The van der Waals surface area contributed by atoms with Crippen LogP contribution in [0.3, 0.4) is 0 Å². The van der Waals surface area contributed by atoms with E-state index in [1.807, 2.05) is 36.5 Å². The number of halogens is 2. The minimum absolute atomic E-state index is 0.0142. The molecule has 1 N–H and O–H groups in total. The Morgan fingerprint density at radius 2 is 1.96 bits per heavy atom. The van der Waals surface area contributed by atoms with Crippen LogP contribution < -0.4 is 14.8 Å². The van der Waals surface area contributed by atoms with Crippen molar-refractivity contribution in [1.29, 1.82) is 0 Å². The van der Waals surface area contributed by atoms with Crippen molar-refractivity contribution in [2.45, 2.75) is 13.0 Å². The van der Waals surface area contributed by atoms with Crippen LogP contribution in [0.4, 0.5) is 8.78 Å². The molecule has 0 spiro atoms. The highest BCUT2D eigenvalue weighted by molar-refractivity contribution is 5.97. The average molecular weight is 387 g/mol. The maximum Gasteiger partial charge on any atom is 0.387 e. The van der Waals surface area contributed by atoms with Crippen LogP contribution in [-0.2, 0) is 6.42 Å². The molecule has 0 saturated heterocycles. The lowest BCUT2D eigenvalue weighted by molar-refractivity contribution is -0.0515. The highest BCUT2D eigenvalue weighted by atomic mass is 19.3. The summed E-state index contributed by atoms with van der Waals surface area (Å²) in [5.74, 6) is -0.739. The zero-order valence-electron chi connectivity index (χ0n) is 15.1. The van der Waals surface area contributed by atoms with Crippen molar-refractivity contribution in [2.75, 3.05) is 13.7 Å². The molecule has 0 unspecified atom stereocenters. The van der Waals surface area contributed by atoms with Crippen molar-refractivity contribution in [3.63, 3.8) is 0 Å². The summed E-state index contributed by atoms with van der Waals surface area (Å²) in [4.78, 5) is 12.4. The molecule has 0 radical (unpaired) electrons. The van der Waals surface area contributed by atoms with E-state index in [0.717, 1.165) is 11.3 Å². The van der Waals surface area contributed by atoms with Gasteiger partial charge in [-0.1, -0.05) is 24.3 Å².